The number of phenolic OH excluding ortho intramolecular Hbond substituents is 1. The van der Waals surface area contributed by atoms with Gasteiger partial charge < -0.3 is 22.4 Å². The van der Waals surface area contributed by atoms with Gasteiger partial charge in [-0.1, -0.05) is 26.3 Å². The summed E-state index contributed by atoms with van der Waals surface area (Å²) in [6.45, 7) is 7.34. The van der Waals surface area contributed by atoms with E-state index in [9.17, 15) is 5.11 Å². The minimum absolute atomic E-state index is 0. The summed E-state index contributed by atoms with van der Waals surface area (Å²) in [5, 5.41) is 18.5. The molecule has 3 rings (SSSR count). The van der Waals surface area contributed by atoms with Crippen LogP contribution in [0.25, 0.3) is 0 Å². The summed E-state index contributed by atoms with van der Waals surface area (Å²) in [4.78, 5) is 1.78. The Morgan fingerprint density at radius 2 is 2.04 bits per heavy atom. The van der Waals surface area contributed by atoms with Crippen molar-refractivity contribution in [3.8, 4) is 11.8 Å². The average molecular weight is 363 g/mol. The molecular weight excluding hydrogens is 332 g/mol. The van der Waals surface area contributed by atoms with Crippen molar-refractivity contribution in [1.82, 2.24) is 0 Å². The van der Waals surface area contributed by atoms with Crippen LogP contribution >= 0.6 is 0 Å². The molecule has 0 saturated carbocycles. The van der Waals surface area contributed by atoms with Crippen LogP contribution in [0.1, 0.15) is 63.5 Å². The number of benzene rings is 1. The Morgan fingerprint density at radius 1 is 1.28 bits per heavy atom. The Morgan fingerprint density at radius 3 is 2.80 bits per heavy atom. The summed E-state index contributed by atoms with van der Waals surface area (Å²) in [6.07, 6.45) is 7.86. The number of halogens is 1. The molecule has 4 heteroatoms. The number of nitriles is 1. The van der Waals surface area contributed by atoms with Crippen molar-refractivity contribution < 1.29 is 22.4 Å². The minimum atomic E-state index is 0. The van der Waals surface area contributed by atoms with Crippen LogP contribution in [0.15, 0.2) is 18.2 Å². The van der Waals surface area contributed by atoms with Crippen molar-refractivity contribution in [3.05, 3.63) is 29.3 Å². The molecule has 1 aliphatic heterocycles. The first-order chi connectivity index (χ1) is 11.6. The maximum absolute atomic E-state index is 9.92. The van der Waals surface area contributed by atoms with Crippen LogP contribution in [-0.2, 0) is 11.8 Å². The van der Waals surface area contributed by atoms with Crippen molar-refractivity contribution in [3.63, 3.8) is 0 Å². The second-order valence-electron chi connectivity index (χ2n) is 8.09. The molecule has 1 heterocycles. The van der Waals surface area contributed by atoms with Crippen molar-refractivity contribution >= 4 is 0 Å². The molecule has 1 unspecified atom stereocenters. The third kappa shape index (κ3) is 3.96. The molecule has 1 fully saturated rings. The number of likely N-dealkylation sites (tertiary alicyclic amines) is 1. The summed E-state index contributed by atoms with van der Waals surface area (Å²) in [5.41, 5.74) is 3.05. The van der Waals surface area contributed by atoms with E-state index >= 15 is 0 Å². The lowest BCUT2D eigenvalue weighted by atomic mass is 9.59. The molecule has 25 heavy (non-hydrogen) atoms. The normalized spacial score (nSPS) is 30.0. The zero-order valence-electron chi connectivity index (χ0n) is 15.5. The van der Waals surface area contributed by atoms with Gasteiger partial charge in [0.2, 0.25) is 0 Å². The third-order valence-corrected chi connectivity index (χ3v) is 6.78. The van der Waals surface area contributed by atoms with Crippen LogP contribution in [0.4, 0.5) is 0 Å². The quantitative estimate of drug-likeness (QED) is 0.699. The van der Waals surface area contributed by atoms with Gasteiger partial charge in [-0.05, 0) is 42.5 Å². The van der Waals surface area contributed by atoms with Crippen molar-refractivity contribution in [2.75, 3.05) is 13.1 Å². The number of quaternary nitrogens is 1. The molecule has 1 aromatic carbocycles. The van der Waals surface area contributed by atoms with Crippen LogP contribution in [0.3, 0.4) is 0 Å². The minimum Gasteiger partial charge on any atom is -1.00 e. The zero-order valence-corrected chi connectivity index (χ0v) is 16.3. The summed E-state index contributed by atoms with van der Waals surface area (Å²) >= 11 is 0. The number of unbranched alkanes of at least 4 members (excludes halogenated alkanes) is 4. The van der Waals surface area contributed by atoms with Gasteiger partial charge in [-0.15, -0.1) is 0 Å². The number of nitrogens with zero attached hydrogens (tertiary/aromatic N) is 1. The molecule has 4 atom stereocenters. The number of phenols is 1. The van der Waals surface area contributed by atoms with Gasteiger partial charge in [0.05, 0.1) is 25.2 Å². The van der Waals surface area contributed by atoms with Crippen molar-refractivity contribution in [2.24, 2.45) is 5.92 Å². The third-order valence-electron chi connectivity index (χ3n) is 6.78. The first-order valence-corrected chi connectivity index (χ1v) is 9.60. The van der Waals surface area contributed by atoms with E-state index in [1.165, 1.54) is 49.9 Å². The molecule has 1 aliphatic carbocycles. The van der Waals surface area contributed by atoms with Crippen LogP contribution < -0.4 is 17.3 Å². The molecule has 1 saturated heterocycles. The van der Waals surface area contributed by atoms with E-state index < -0.39 is 0 Å². The number of hydrogen-bond acceptors (Lipinski definition) is 2. The maximum atomic E-state index is 9.92. The number of fused-ring (bicyclic) bond motifs is 4. The molecular formula is C21H31ClN2O. The molecule has 2 N–H and O–H groups in total. The van der Waals surface area contributed by atoms with E-state index in [1.807, 2.05) is 12.1 Å². The molecule has 2 aliphatic rings. The highest BCUT2D eigenvalue weighted by molar-refractivity contribution is 5.43. The topological polar surface area (TPSA) is 48.5 Å². The van der Waals surface area contributed by atoms with Gasteiger partial charge in [-0.25, -0.2) is 0 Å². The molecule has 2 bridgehead atoms. The van der Waals surface area contributed by atoms with Crippen LogP contribution in [-0.4, -0.2) is 24.2 Å². The van der Waals surface area contributed by atoms with E-state index in [0.717, 1.165) is 12.8 Å². The zero-order chi connectivity index (χ0) is 17.2. The highest BCUT2D eigenvalue weighted by atomic mass is 35.5. The van der Waals surface area contributed by atoms with Gasteiger partial charge >= 0.3 is 0 Å². The first-order valence-electron chi connectivity index (χ1n) is 9.60. The summed E-state index contributed by atoms with van der Waals surface area (Å²) in [5.74, 6) is 1.07. The van der Waals surface area contributed by atoms with Crippen molar-refractivity contribution in [1.29, 1.82) is 5.26 Å². The fourth-order valence-corrected chi connectivity index (χ4v) is 5.06. The van der Waals surface area contributed by atoms with Crippen LogP contribution in [0.5, 0.6) is 5.75 Å². The lowest BCUT2D eigenvalue weighted by Gasteiger charge is -2.52. The molecule has 0 aromatic heterocycles. The molecule has 138 valence electrons. The monoisotopic (exact) mass is 362 g/mol. The predicted octanol–water partition coefficient (Wildman–Crippen LogP) is -0.0226. The van der Waals surface area contributed by atoms with E-state index in [1.54, 1.807) is 4.90 Å². The van der Waals surface area contributed by atoms with Crippen molar-refractivity contribution in [2.45, 2.75) is 70.3 Å². The maximum Gasteiger partial charge on any atom is 0.115 e. The van der Waals surface area contributed by atoms with Gasteiger partial charge in [0.15, 0.2) is 0 Å². The average Bonchev–Trinajstić information content (AvgIpc) is 2.56. The first kappa shape index (κ1) is 20.1. The van der Waals surface area contributed by atoms with E-state index in [4.69, 9.17) is 5.26 Å². The smallest absolute Gasteiger partial charge is 0.115 e. The summed E-state index contributed by atoms with van der Waals surface area (Å²) in [7, 11) is 0. The number of aromatic hydroxyl groups is 1. The number of hydrogen-bond donors (Lipinski definition) is 2. The van der Waals surface area contributed by atoms with Crippen LogP contribution in [0.2, 0.25) is 0 Å². The van der Waals surface area contributed by atoms with Gasteiger partial charge in [-0.2, -0.15) is 5.26 Å². The Kier molecular flexibility index (Phi) is 6.77. The lowest BCUT2D eigenvalue weighted by Crippen LogP contribution is -3.18. The molecule has 1 aromatic rings. The second-order valence-corrected chi connectivity index (χ2v) is 8.09. The van der Waals surface area contributed by atoms with Gasteiger partial charge in [0, 0.05) is 30.6 Å². The van der Waals surface area contributed by atoms with Gasteiger partial charge in [-0.3, -0.25) is 0 Å². The Balaban J connectivity index is 0.00000225. The highest BCUT2D eigenvalue weighted by Crippen LogP contribution is 2.45. The standard InChI is InChI=1S/C21H30N2O.ClH/c1-16-20-14-17-8-9-18(24)15-19(17)21(16,2)10-13-23(20)12-7-5-3-4-6-11-22;/h8-9,15-16,20,24H,3-7,10,12-14H2,1-2H3;1H/t16-,20+,21+;/m0./s1. The fourth-order valence-electron chi connectivity index (χ4n) is 5.06. The number of nitrogens with one attached hydrogen (secondary N) is 1. The van der Waals surface area contributed by atoms with E-state index in [0.29, 0.717) is 24.1 Å². The Bertz CT molecular complexity index is 627. The Labute approximate surface area is 158 Å². The number of rotatable bonds is 6. The molecule has 3 nitrogen and oxygen atoms in total. The fraction of sp³-hybridized carbons (Fsp3) is 0.667. The number of piperidine rings is 1. The largest absolute Gasteiger partial charge is 1.00 e. The molecule has 0 radical (unpaired) electrons. The SMILES string of the molecule is C[C@H]1[C@H]2Cc3ccc(O)cc3[C@]1(C)CC[NH+]2CCCCCCC#N.[Cl-]. The van der Waals surface area contributed by atoms with Gasteiger partial charge in [0.1, 0.15) is 5.75 Å². The van der Waals surface area contributed by atoms with Gasteiger partial charge in [0.25, 0.3) is 0 Å². The van der Waals surface area contributed by atoms with E-state index in [2.05, 4.69) is 26.0 Å². The molecule has 0 spiro atoms. The molecule has 0 amide bonds. The second kappa shape index (κ2) is 8.43. The Hall–Kier alpha value is -1.24. The van der Waals surface area contributed by atoms with Crippen LogP contribution in [0, 0.1) is 17.2 Å². The highest BCUT2D eigenvalue weighted by Gasteiger charge is 2.50. The summed E-state index contributed by atoms with van der Waals surface area (Å²) in [6, 6.07) is 8.96. The summed E-state index contributed by atoms with van der Waals surface area (Å²) < 4.78 is 0. The predicted molar refractivity (Wildman–Crippen MR) is 96.1 cm³/mol. The lowest BCUT2D eigenvalue weighted by molar-refractivity contribution is -0.937. The van der Waals surface area contributed by atoms with E-state index in [-0.39, 0.29) is 17.8 Å².